The van der Waals surface area contributed by atoms with Gasteiger partial charge in [-0.1, -0.05) is 93.0 Å². The summed E-state index contributed by atoms with van der Waals surface area (Å²) < 4.78 is 37.2. The molecule has 14 nitrogen and oxygen atoms in total. The average Bonchev–Trinajstić information content (AvgIpc) is 3.48. The number of carbonyl (C=O) groups excluding carboxylic acids is 2. The van der Waals surface area contributed by atoms with Crippen LogP contribution in [0.3, 0.4) is 0 Å². The number of amides is 1. The second-order valence-electron chi connectivity index (χ2n) is 11.6. The highest BCUT2D eigenvalue weighted by Gasteiger charge is 2.38. The van der Waals surface area contributed by atoms with Crippen molar-refractivity contribution >= 4 is 19.6 Å². The van der Waals surface area contributed by atoms with Crippen molar-refractivity contribution in [1.82, 2.24) is 20.0 Å². The minimum absolute atomic E-state index is 0.0167. The molecule has 4 rings (SSSR count). The van der Waals surface area contributed by atoms with Gasteiger partial charge in [-0.2, -0.15) is 0 Å². The molecule has 1 fully saturated rings. The first-order chi connectivity index (χ1) is 24.2. The molecule has 268 valence electrons. The maximum Gasteiger partial charge on any atom is 0.459 e. The van der Waals surface area contributed by atoms with E-state index in [9.17, 15) is 28.8 Å². The van der Waals surface area contributed by atoms with E-state index in [1.807, 2.05) is 18.2 Å². The van der Waals surface area contributed by atoms with Crippen LogP contribution in [0.4, 0.5) is 0 Å². The van der Waals surface area contributed by atoms with Gasteiger partial charge in [-0.05, 0) is 24.1 Å². The van der Waals surface area contributed by atoms with Crippen LogP contribution in [-0.2, 0) is 34.8 Å². The van der Waals surface area contributed by atoms with Gasteiger partial charge in [0.15, 0.2) is 0 Å². The van der Waals surface area contributed by atoms with Crippen molar-refractivity contribution in [2.45, 2.75) is 76.9 Å². The molecule has 0 aliphatic carbocycles. The number of nitrogens with zero attached hydrogens (tertiary/aromatic N) is 1. The van der Waals surface area contributed by atoms with E-state index in [4.69, 9.17) is 18.5 Å². The molecule has 2 unspecified atom stereocenters. The SMILES string of the molecule is CCCCCCCC(=O)NCC#Cc1cn(C2C[C@H](O)[C@@H](COP(=O)(NCC(=O)OCc3ccccc3)Oc3ccccc3)O2)c(=O)[nH]c1=O. The third kappa shape index (κ3) is 12.4. The van der Waals surface area contributed by atoms with Gasteiger partial charge in [0.1, 0.15) is 36.8 Å². The fourth-order valence-electron chi connectivity index (χ4n) is 4.93. The van der Waals surface area contributed by atoms with Crippen LogP contribution in [-0.4, -0.2) is 58.4 Å². The Morgan fingerprint density at radius 1 is 1.06 bits per heavy atom. The molecule has 2 heterocycles. The first-order valence-electron chi connectivity index (χ1n) is 16.5. The summed E-state index contributed by atoms with van der Waals surface area (Å²) in [7, 11) is -4.23. The second kappa shape index (κ2) is 19.6. The fourth-order valence-corrected chi connectivity index (χ4v) is 6.20. The number of H-pyrrole nitrogens is 1. The monoisotopic (exact) mass is 710 g/mol. The molecule has 1 aliphatic heterocycles. The molecule has 0 spiro atoms. The van der Waals surface area contributed by atoms with Crippen LogP contribution >= 0.6 is 7.75 Å². The minimum Gasteiger partial charge on any atom is -0.460 e. The first-order valence-corrected chi connectivity index (χ1v) is 18.1. The molecule has 50 heavy (non-hydrogen) atoms. The van der Waals surface area contributed by atoms with Gasteiger partial charge >= 0.3 is 19.4 Å². The third-order valence-corrected chi connectivity index (χ3v) is 9.11. The number of nitrogens with one attached hydrogen (secondary N) is 3. The lowest BCUT2D eigenvalue weighted by Gasteiger charge is -2.22. The number of carbonyl (C=O) groups is 2. The predicted octanol–water partition coefficient (Wildman–Crippen LogP) is 3.55. The Balaban J connectivity index is 1.34. The van der Waals surface area contributed by atoms with Crippen LogP contribution in [0.15, 0.2) is 76.4 Å². The summed E-state index contributed by atoms with van der Waals surface area (Å²) in [4.78, 5) is 51.8. The quantitative estimate of drug-likeness (QED) is 0.0655. The molecular formula is C35H43N4O10P. The summed E-state index contributed by atoms with van der Waals surface area (Å²) in [5, 5.41) is 16.0. The van der Waals surface area contributed by atoms with Crippen molar-refractivity contribution in [2.24, 2.45) is 0 Å². The number of aromatic nitrogens is 2. The Morgan fingerprint density at radius 2 is 1.78 bits per heavy atom. The van der Waals surface area contributed by atoms with Crippen LogP contribution < -0.4 is 26.2 Å². The predicted molar refractivity (Wildman–Crippen MR) is 184 cm³/mol. The van der Waals surface area contributed by atoms with Crippen LogP contribution in [0, 0.1) is 11.8 Å². The zero-order valence-electron chi connectivity index (χ0n) is 27.9. The lowest BCUT2D eigenvalue weighted by atomic mass is 10.1. The highest BCUT2D eigenvalue weighted by atomic mass is 31.2. The maximum atomic E-state index is 13.7. The normalized spacial score (nSPS) is 18.0. The topological polar surface area (TPSA) is 187 Å². The summed E-state index contributed by atoms with van der Waals surface area (Å²) in [6.45, 7) is 1.21. The van der Waals surface area contributed by atoms with E-state index in [0.29, 0.717) is 6.42 Å². The standard InChI is InChI=1S/C35H43N4O10P/c1-2-3-4-5-12-19-31(41)36-20-13-16-27-23-39(35(44)38-34(27)43)32-21-29(40)30(48-32)25-47-50(45,49-28-17-10-7-11-18-28)37-22-33(42)46-24-26-14-8-6-9-15-26/h6-11,14-15,17-18,23,29-30,32,40H,2-5,12,19-22,24-25H2,1H3,(H,36,41)(H,37,45)(H,38,43,44)/t29-,30+,32?,50?/m0/s1. The largest absolute Gasteiger partial charge is 0.460 e. The highest BCUT2D eigenvalue weighted by Crippen LogP contribution is 2.45. The summed E-state index contributed by atoms with van der Waals surface area (Å²) in [6, 6.07) is 17.2. The Morgan fingerprint density at radius 3 is 2.52 bits per heavy atom. The Kier molecular flexibility index (Phi) is 15.0. The van der Waals surface area contributed by atoms with Gasteiger partial charge in [0.25, 0.3) is 5.56 Å². The Labute approximate surface area is 290 Å². The van der Waals surface area contributed by atoms with E-state index >= 15 is 0 Å². The molecule has 4 N–H and O–H groups in total. The number of hydrogen-bond acceptors (Lipinski definition) is 10. The lowest BCUT2D eigenvalue weighted by Crippen LogP contribution is -2.34. The van der Waals surface area contributed by atoms with Gasteiger partial charge < -0.3 is 24.4 Å². The Bertz CT molecular complexity index is 1770. The highest BCUT2D eigenvalue weighted by molar-refractivity contribution is 7.52. The van der Waals surface area contributed by atoms with Gasteiger partial charge in [-0.25, -0.2) is 14.4 Å². The minimum atomic E-state index is -4.23. The molecule has 1 amide bonds. The van der Waals surface area contributed by atoms with Crippen LogP contribution in [0.5, 0.6) is 5.75 Å². The molecule has 3 aromatic rings. The summed E-state index contributed by atoms with van der Waals surface area (Å²) in [6.07, 6.45) is 3.44. The number of para-hydroxylation sites is 1. The second-order valence-corrected chi connectivity index (χ2v) is 13.3. The molecular weight excluding hydrogens is 667 g/mol. The van der Waals surface area contributed by atoms with Gasteiger partial charge in [-0.3, -0.25) is 28.5 Å². The number of aliphatic hydroxyl groups is 1. The zero-order valence-corrected chi connectivity index (χ0v) is 28.8. The molecule has 0 saturated carbocycles. The molecule has 2 aromatic carbocycles. The number of aliphatic hydroxyl groups excluding tert-OH is 1. The number of ether oxygens (including phenoxy) is 2. The smallest absolute Gasteiger partial charge is 0.459 e. The van der Waals surface area contributed by atoms with Gasteiger partial charge in [-0.15, -0.1) is 0 Å². The summed E-state index contributed by atoms with van der Waals surface area (Å²) in [5.74, 6) is 4.74. The molecule has 1 saturated heterocycles. The summed E-state index contributed by atoms with van der Waals surface area (Å²) in [5.41, 5.74) is -0.771. The molecule has 1 aliphatic rings. The van der Waals surface area contributed by atoms with E-state index in [0.717, 1.165) is 42.2 Å². The molecule has 0 bridgehead atoms. The molecule has 0 radical (unpaired) electrons. The number of aromatic amines is 1. The van der Waals surface area contributed by atoms with Gasteiger partial charge in [0, 0.05) is 19.0 Å². The number of benzene rings is 2. The van der Waals surface area contributed by atoms with Crippen molar-refractivity contribution in [3.8, 4) is 17.6 Å². The summed E-state index contributed by atoms with van der Waals surface area (Å²) >= 11 is 0. The number of unbranched alkanes of at least 4 members (excludes halogenated alkanes) is 4. The molecule has 4 atom stereocenters. The van der Waals surface area contributed by atoms with Crippen molar-refractivity contribution < 1.29 is 37.8 Å². The Hall–Kier alpha value is -4.51. The van der Waals surface area contributed by atoms with Gasteiger partial charge in [0.05, 0.1) is 19.3 Å². The van der Waals surface area contributed by atoms with Crippen molar-refractivity contribution in [1.29, 1.82) is 0 Å². The lowest BCUT2D eigenvalue weighted by molar-refractivity contribution is -0.143. The van der Waals surface area contributed by atoms with E-state index in [1.54, 1.807) is 42.5 Å². The maximum absolute atomic E-state index is 13.7. The molecule has 1 aromatic heterocycles. The number of esters is 1. The van der Waals surface area contributed by atoms with Crippen LogP contribution in [0.1, 0.15) is 69.2 Å². The van der Waals surface area contributed by atoms with Crippen LogP contribution in [0.25, 0.3) is 0 Å². The number of hydrogen-bond donors (Lipinski definition) is 4. The van der Waals surface area contributed by atoms with Crippen LogP contribution in [0.2, 0.25) is 0 Å². The average molecular weight is 711 g/mol. The fraction of sp³-hybridized carbons (Fsp3) is 0.429. The first kappa shape index (κ1) is 38.3. The van der Waals surface area contributed by atoms with Crippen molar-refractivity contribution in [3.05, 3.63) is 98.8 Å². The zero-order chi connectivity index (χ0) is 35.8. The van der Waals surface area contributed by atoms with Gasteiger partial charge in [0.2, 0.25) is 5.91 Å². The third-order valence-electron chi connectivity index (χ3n) is 7.62. The van der Waals surface area contributed by atoms with Crippen molar-refractivity contribution in [2.75, 3.05) is 19.7 Å². The van der Waals surface area contributed by atoms with E-state index in [1.165, 1.54) is 6.20 Å². The van der Waals surface area contributed by atoms with Crippen molar-refractivity contribution in [3.63, 3.8) is 0 Å². The molecule has 15 heteroatoms. The van der Waals surface area contributed by atoms with E-state index < -0.39 is 56.6 Å². The van der Waals surface area contributed by atoms with E-state index in [-0.39, 0.29) is 36.8 Å². The van der Waals surface area contributed by atoms with E-state index in [2.05, 4.69) is 34.2 Å². The number of rotatable bonds is 18.